The van der Waals surface area contributed by atoms with Crippen LogP contribution in [-0.2, 0) is 14.8 Å². The third-order valence-electron chi connectivity index (χ3n) is 2.49. The molecule has 0 aromatic rings. The van der Waals surface area contributed by atoms with E-state index in [1.165, 1.54) is 0 Å². The fourth-order valence-corrected chi connectivity index (χ4v) is 3.67. The summed E-state index contributed by atoms with van der Waals surface area (Å²) >= 11 is 5.42. The number of halogens is 3. The zero-order valence-electron chi connectivity index (χ0n) is 9.32. The lowest BCUT2D eigenvalue weighted by atomic mass is 10.3. The van der Waals surface area contributed by atoms with Gasteiger partial charge in [0.1, 0.15) is 0 Å². The molecule has 1 atom stereocenters. The van der Waals surface area contributed by atoms with Crippen LogP contribution in [0.5, 0.6) is 0 Å². The van der Waals surface area contributed by atoms with Gasteiger partial charge in [-0.15, -0.1) is 11.6 Å². The molecule has 4 nitrogen and oxygen atoms in total. The smallest absolute Gasteiger partial charge is 0.252 e. The Labute approximate surface area is 105 Å². The third kappa shape index (κ3) is 5.03. The maximum Gasteiger partial charge on any atom is 0.252 e. The van der Waals surface area contributed by atoms with Gasteiger partial charge >= 0.3 is 0 Å². The van der Waals surface area contributed by atoms with Gasteiger partial charge < -0.3 is 4.74 Å². The fourth-order valence-electron chi connectivity index (χ4n) is 1.71. The Morgan fingerprint density at radius 1 is 1.47 bits per heavy atom. The summed E-state index contributed by atoms with van der Waals surface area (Å²) in [4.78, 5) is 0. The van der Waals surface area contributed by atoms with Gasteiger partial charge in [0, 0.05) is 19.0 Å². The molecular weight excluding hydrogens is 276 g/mol. The molecule has 0 amide bonds. The van der Waals surface area contributed by atoms with Crippen LogP contribution in [0.4, 0.5) is 8.78 Å². The second-order valence-electron chi connectivity index (χ2n) is 3.85. The van der Waals surface area contributed by atoms with Gasteiger partial charge in [-0.25, -0.2) is 17.2 Å². The number of alkyl halides is 3. The molecule has 1 heterocycles. The van der Waals surface area contributed by atoms with Gasteiger partial charge in [0.25, 0.3) is 6.43 Å². The molecule has 102 valence electrons. The van der Waals surface area contributed by atoms with E-state index in [4.69, 9.17) is 16.3 Å². The molecule has 0 spiro atoms. The lowest BCUT2D eigenvalue weighted by Gasteiger charge is -2.22. The highest BCUT2D eigenvalue weighted by atomic mass is 35.5. The summed E-state index contributed by atoms with van der Waals surface area (Å²) < 4.78 is 54.2. The molecule has 0 aromatic heterocycles. The second-order valence-corrected chi connectivity index (χ2v) is 6.24. The van der Waals surface area contributed by atoms with E-state index in [0.29, 0.717) is 13.0 Å². The normalized spacial score (nSPS) is 21.6. The maximum absolute atomic E-state index is 12.3. The third-order valence-corrected chi connectivity index (χ3v) is 4.57. The molecule has 1 aliphatic rings. The molecule has 1 aliphatic heterocycles. The van der Waals surface area contributed by atoms with Crippen LogP contribution >= 0.6 is 11.6 Å². The van der Waals surface area contributed by atoms with E-state index >= 15 is 0 Å². The molecule has 0 bridgehead atoms. The van der Waals surface area contributed by atoms with Crippen molar-refractivity contribution in [2.24, 2.45) is 0 Å². The summed E-state index contributed by atoms with van der Waals surface area (Å²) in [5, 5.41) is 0. The largest absolute Gasteiger partial charge is 0.377 e. The SMILES string of the molecule is O=S(=O)(CC1CCCO1)N(CCCl)CC(F)F. The topological polar surface area (TPSA) is 46.6 Å². The average molecular weight is 292 g/mol. The van der Waals surface area contributed by atoms with Crippen molar-refractivity contribution >= 4 is 21.6 Å². The molecule has 1 unspecified atom stereocenters. The van der Waals surface area contributed by atoms with Crippen molar-refractivity contribution in [3.8, 4) is 0 Å². The van der Waals surface area contributed by atoms with Crippen molar-refractivity contribution in [1.82, 2.24) is 4.31 Å². The Morgan fingerprint density at radius 3 is 2.65 bits per heavy atom. The summed E-state index contributed by atoms with van der Waals surface area (Å²) in [6.07, 6.45) is -1.61. The first kappa shape index (κ1) is 15.1. The van der Waals surface area contributed by atoms with Crippen LogP contribution in [0.3, 0.4) is 0 Å². The van der Waals surface area contributed by atoms with Crippen LogP contribution in [-0.4, -0.2) is 56.6 Å². The Balaban J connectivity index is 2.62. The van der Waals surface area contributed by atoms with Gasteiger partial charge in [-0.3, -0.25) is 0 Å². The van der Waals surface area contributed by atoms with Crippen LogP contribution in [0.15, 0.2) is 0 Å². The van der Waals surface area contributed by atoms with E-state index in [0.717, 1.165) is 10.7 Å². The Morgan fingerprint density at radius 2 is 2.18 bits per heavy atom. The number of ether oxygens (including phenoxy) is 1. The van der Waals surface area contributed by atoms with Crippen molar-refractivity contribution in [2.75, 3.05) is 31.3 Å². The fraction of sp³-hybridized carbons (Fsp3) is 1.00. The monoisotopic (exact) mass is 291 g/mol. The highest BCUT2D eigenvalue weighted by molar-refractivity contribution is 7.89. The molecule has 0 radical (unpaired) electrons. The Kier molecular flexibility index (Phi) is 6.05. The molecule has 0 N–H and O–H groups in total. The van der Waals surface area contributed by atoms with Crippen LogP contribution in [0, 0.1) is 0 Å². The minimum Gasteiger partial charge on any atom is -0.377 e. The van der Waals surface area contributed by atoms with Gasteiger partial charge in [0.2, 0.25) is 10.0 Å². The zero-order chi connectivity index (χ0) is 12.9. The first-order chi connectivity index (χ1) is 7.95. The summed E-state index contributed by atoms with van der Waals surface area (Å²) in [6.45, 7) is -0.368. The van der Waals surface area contributed by atoms with Crippen molar-refractivity contribution in [3.05, 3.63) is 0 Å². The highest BCUT2D eigenvalue weighted by Crippen LogP contribution is 2.16. The van der Waals surface area contributed by atoms with E-state index in [2.05, 4.69) is 0 Å². The lowest BCUT2D eigenvalue weighted by molar-refractivity contribution is 0.115. The van der Waals surface area contributed by atoms with Gasteiger partial charge in [0.05, 0.1) is 18.4 Å². The Hall–Kier alpha value is 0.0200. The van der Waals surface area contributed by atoms with Crippen molar-refractivity contribution in [3.63, 3.8) is 0 Å². The molecule has 1 rings (SSSR count). The van der Waals surface area contributed by atoms with Crippen molar-refractivity contribution < 1.29 is 21.9 Å². The van der Waals surface area contributed by atoms with Crippen LogP contribution in [0.2, 0.25) is 0 Å². The molecule has 8 heteroatoms. The van der Waals surface area contributed by atoms with E-state index in [1.54, 1.807) is 0 Å². The van der Waals surface area contributed by atoms with Gasteiger partial charge in [-0.2, -0.15) is 4.31 Å². The first-order valence-corrected chi connectivity index (χ1v) is 7.53. The number of hydrogen-bond donors (Lipinski definition) is 0. The molecule has 0 aliphatic carbocycles. The maximum atomic E-state index is 12.3. The van der Waals surface area contributed by atoms with E-state index in [1.807, 2.05) is 0 Å². The summed E-state index contributed by atoms with van der Waals surface area (Å²) in [7, 11) is -3.72. The molecule has 1 fully saturated rings. The average Bonchev–Trinajstić information content (AvgIpc) is 2.68. The molecular formula is C9H16ClF2NO3S. The number of nitrogens with zero attached hydrogens (tertiary/aromatic N) is 1. The second kappa shape index (κ2) is 6.82. The van der Waals surface area contributed by atoms with Gasteiger partial charge in [-0.1, -0.05) is 0 Å². The molecule has 0 aromatic carbocycles. The van der Waals surface area contributed by atoms with E-state index in [-0.39, 0.29) is 24.3 Å². The van der Waals surface area contributed by atoms with Gasteiger partial charge in [-0.05, 0) is 12.8 Å². The van der Waals surface area contributed by atoms with Crippen molar-refractivity contribution in [2.45, 2.75) is 25.4 Å². The van der Waals surface area contributed by atoms with E-state index in [9.17, 15) is 17.2 Å². The molecule has 17 heavy (non-hydrogen) atoms. The minimum atomic E-state index is -3.72. The summed E-state index contributed by atoms with van der Waals surface area (Å²) in [5.41, 5.74) is 0. The predicted octanol–water partition coefficient (Wildman–Crippen LogP) is 1.30. The van der Waals surface area contributed by atoms with Crippen molar-refractivity contribution in [1.29, 1.82) is 0 Å². The number of rotatable bonds is 7. The summed E-state index contributed by atoms with van der Waals surface area (Å²) in [6, 6.07) is 0. The quantitative estimate of drug-likeness (QED) is 0.664. The molecule has 1 saturated heterocycles. The summed E-state index contributed by atoms with van der Waals surface area (Å²) in [5.74, 6) is -0.242. The number of hydrogen-bond acceptors (Lipinski definition) is 3. The van der Waals surface area contributed by atoms with Gasteiger partial charge in [0.15, 0.2) is 0 Å². The number of sulfonamides is 1. The van der Waals surface area contributed by atoms with Crippen LogP contribution in [0.1, 0.15) is 12.8 Å². The minimum absolute atomic E-state index is 0.00251. The van der Waals surface area contributed by atoms with Crippen LogP contribution in [0.25, 0.3) is 0 Å². The first-order valence-electron chi connectivity index (χ1n) is 5.39. The highest BCUT2D eigenvalue weighted by Gasteiger charge is 2.29. The standard InChI is InChI=1S/C9H16ClF2NO3S/c10-3-4-13(6-9(11)12)17(14,15)7-8-2-1-5-16-8/h8-9H,1-7H2. The Bertz CT molecular complexity index is 320. The lowest BCUT2D eigenvalue weighted by Crippen LogP contribution is -2.40. The van der Waals surface area contributed by atoms with E-state index < -0.39 is 23.0 Å². The molecule has 0 saturated carbocycles. The zero-order valence-corrected chi connectivity index (χ0v) is 10.9. The van der Waals surface area contributed by atoms with Crippen LogP contribution < -0.4 is 0 Å². The predicted molar refractivity (Wildman–Crippen MR) is 61.1 cm³/mol.